The summed E-state index contributed by atoms with van der Waals surface area (Å²) in [6, 6.07) is 0. The molecule has 0 amide bonds. The Bertz CT molecular complexity index is 92.6. The molecule has 4 nitrogen and oxygen atoms in total. The summed E-state index contributed by atoms with van der Waals surface area (Å²) in [4.78, 5) is 13.6. The topological polar surface area (TPSA) is 55.8 Å². The van der Waals surface area contributed by atoms with E-state index in [-0.39, 0.29) is 0 Å². The summed E-state index contributed by atoms with van der Waals surface area (Å²) in [5.41, 5.74) is 0. The lowest BCUT2D eigenvalue weighted by molar-refractivity contribution is -0.210. The molecule has 0 unspecified atom stereocenters. The molecule has 0 aromatic carbocycles. The molecule has 46 valence electrons. The van der Waals surface area contributed by atoms with Crippen molar-refractivity contribution >= 4 is 5.97 Å². The van der Waals surface area contributed by atoms with Gasteiger partial charge in [0.15, 0.2) is 0 Å². The molecule has 0 rings (SSSR count). The molecule has 0 aromatic rings. The highest BCUT2D eigenvalue weighted by molar-refractivity contribution is 5.85. The van der Waals surface area contributed by atoms with Gasteiger partial charge in [0.05, 0.1) is 7.11 Å². The Hall–Kier alpha value is -1.03. The van der Waals surface area contributed by atoms with E-state index >= 15 is 0 Å². The van der Waals surface area contributed by atoms with Gasteiger partial charge in [-0.05, 0) is 6.58 Å². The standard InChI is InChI=1S/C4H6O4/c1-3(8-6)4(5)7-2/h6H,1H2,2H3. The first kappa shape index (κ1) is 6.97. The van der Waals surface area contributed by atoms with Gasteiger partial charge >= 0.3 is 5.97 Å². The van der Waals surface area contributed by atoms with Gasteiger partial charge in [-0.3, -0.25) is 0 Å². The third-order valence-corrected chi connectivity index (χ3v) is 0.523. The molecule has 0 fully saturated rings. The molecule has 0 aliphatic rings. The number of hydrogen-bond acceptors (Lipinski definition) is 4. The second-order valence-corrected chi connectivity index (χ2v) is 1.01. The molecular formula is C4H6O4. The van der Waals surface area contributed by atoms with Gasteiger partial charge in [0.1, 0.15) is 0 Å². The van der Waals surface area contributed by atoms with E-state index in [1.807, 2.05) is 0 Å². The van der Waals surface area contributed by atoms with Gasteiger partial charge in [-0.15, -0.1) is 0 Å². The maximum absolute atomic E-state index is 10.1. The first-order chi connectivity index (χ1) is 3.72. The SMILES string of the molecule is C=C(OO)C(=O)OC. The van der Waals surface area contributed by atoms with Crippen LogP contribution in [-0.2, 0) is 14.4 Å². The van der Waals surface area contributed by atoms with Gasteiger partial charge in [-0.25, -0.2) is 10.1 Å². The minimum absolute atomic E-state index is 0.424. The van der Waals surface area contributed by atoms with E-state index in [4.69, 9.17) is 5.26 Å². The van der Waals surface area contributed by atoms with Crippen molar-refractivity contribution in [3.8, 4) is 0 Å². The Balaban J connectivity index is 3.64. The highest BCUT2D eigenvalue weighted by Gasteiger charge is 2.05. The summed E-state index contributed by atoms with van der Waals surface area (Å²) in [5, 5.41) is 7.74. The van der Waals surface area contributed by atoms with Crippen molar-refractivity contribution in [3.63, 3.8) is 0 Å². The van der Waals surface area contributed by atoms with Crippen molar-refractivity contribution in [2.75, 3.05) is 7.11 Å². The highest BCUT2D eigenvalue weighted by atomic mass is 17.1. The number of hydrogen-bond donors (Lipinski definition) is 1. The Morgan fingerprint density at radius 1 is 1.75 bits per heavy atom. The molecule has 0 atom stereocenters. The van der Waals surface area contributed by atoms with E-state index < -0.39 is 11.7 Å². The third kappa shape index (κ3) is 1.61. The van der Waals surface area contributed by atoms with Crippen LogP contribution >= 0.6 is 0 Å². The molecule has 0 saturated heterocycles. The lowest BCUT2D eigenvalue weighted by Gasteiger charge is -1.95. The second kappa shape index (κ2) is 3.04. The van der Waals surface area contributed by atoms with Gasteiger partial charge < -0.3 is 9.62 Å². The van der Waals surface area contributed by atoms with Crippen LogP contribution < -0.4 is 0 Å². The molecule has 0 radical (unpaired) electrons. The minimum Gasteiger partial charge on any atom is -0.463 e. The Kier molecular flexibility index (Phi) is 2.64. The molecule has 0 aromatic heterocycles. The fraction of sp³-hybridized carbons (Fsp3) is 0.250. The average molecular weight is 118 g/mol. The smallest absolute Gasteiger partial charge is 0.376 e. The van der Waals surface area contributed by atoms with Crippen molar-refractivity contribution < 1.29 is 19.7 Å². The van der Waals surface area contributed by atoms with Crippen LogP contribution in [0.25, 0.3) is 0 Å². The van der Waals surface area contributed by atoms with Crippen LogP contribution in [0.2, 0.25) is 0 Å². The molecule has 0 aliphatic carbocycles. The van der Waals surface area contributed by atoms with Crippen LogP contribution in [0, 0.1) is 0 Å². The predicted octanol–water partition coefficient (Wildman–Crippen LogP) is 0.163. The van der Waals surface area contributed by atoms with Crippen LogP contribution in [0.15, 0.2) is 12.3 Å². The normalized spacial score (nSPS) is 7.75. The molecule has 0 saturated carbocycles. The van der Waals surface area contributed by atoms with Crippen molar-refractivity contribution in [3.05, 3.63) is 12.3 Å². The van der Waals surface area contributed by atoms with E-state index in [0.717, 1.165) is 7.11 Å². The second-order valence-electron chi connectivity index (χ2n) is 1.01. The van der Waals surface area contributed by atoms with Gasteiger partial charge in [-0.1, -0.05) is 0 Å². The average Bonchev–Trinajstić information content (AvgIpc) is 1.84. The summed E-state index contributed by atoms with van der Waals surface area (Å²) in [5.74, 6) is -1.21. The Morgan fingerprint density at radius 2 is 2.25 bits per heavy atom. The van der Waals surface area contributed by atoms with E-state index in [1.54, 1.807) is 0 Å². The molecule has 0 spiro atoms. The molecule has 0 bridgehead atoms. The van der Waals surface area contributed by atoms with Crippen molar-refractivity contribution in [1.82, 2.24) is 0 Å². The summed E-state index contributed by atoms with van der Waals surface area (Å²) in [6.07, 6.45) is 0. The highest BCUT2D eigenvalue weighted by Crippen LogP contribution is 1.90. The van der Waals surface area contributed by atoms with E-state index in [2.05, 4.69) is 16.2 Å². The zero-order valence-corrected chi connectivity index (χ0v) is 4.38. The van der Waals surface area contributed by atoms with Crippen molar-refractivity contribution in [1.29, 1.82) is 0 Å². The first-order valence-corrected chi connectivity index (χ1v) is 1.81. The number of methoxy groups -OCH3 is 1. The maximum atomic E-state index is 10.1. The van der Waals surface area contributed by atoms with Gasteiger partial charge in [-0.2, -0.15) is 0 Å². The number of rotatable bonds is 2. The number of esters is 1. The van der Waals surface area contributed by atoms with Crippen LogP contribution in [0.1, 0.15) is 0 Å². The lowest BCUT2D eigenvalue weighted by Crippen LogP contribution is -2.04. The van der Waals surface area contributed by atoms with Crippen LogP contribution in [0.5, 0.6) is 0 Å². The zero-order valence-electron chi connectivity index (χ0n) is 4.38. The van der Waals surface area contributed by atoms with Crippen molar-refractivity contribution in [2.45, 2.75) is 0 Å². The summed E-state index contributed by atoms with van der Waals surface area (Å²) in [7, 11) is 1.16. The fourth-order valence-corrected chi connectivity index (χ4v) is 0.151. The van der Waals surface area contributed by atoms with Gasteiger partial charge in [0.25, 0.3) is 0 Å². The number of carbonyl (C=O) groups is 1. The van der Waals surface area contributed by atoms with E-state index in [9.17, 15) is 4.79 Å². The van der Waals surface area contributed by atoms with Gasteiger partial charge in [0, 0.05) is 0 Å². The molecule has 0 heterocycles. The predicted molar refractivity (Wildman–Crippen MR) is 24.9 cm³/mol. The maximum Gasteiger partial charge on any atom is 0.376 e. The quantitative estimate of drug-likeness (QED) is 0.184. The van der Waals surface area contributed by atoms with E-state index in [0.29, 0.717) is 0 Å². The third-order valence-electron chi connectivity index (χ3n) is 0.523. The van der Waals surface area contributed by atoms with E-state index in [1.165, 1.54) is 0 Å². The van der Waals surface area contributed by atoms with Crippen LogP contribution in [0.3, 0.4) is 0 Å². The Morgan fingerprint density at radius 3 is 2.38 bits per heavy atom. The Labute approximate surface area is 46.3 Å². The molecular weight excluding hydrogens is 112 g/mol. The monoisotopic (exact) mass is 118 g/mol. The summed E-state index contributed by atoms with van der Waals surface area (Å²) in [6.45, 7) is 3.00. The van der Waals surface area contributed by atoms with Crippen LogP contribution in [0.4, 0.5) is 0 Å². The number of ether oxygens (including phenoxy) is 1. The molecule has 1 N–H and O–H groups in total. The molecule has 4 heteroatoms. The zero-order chi connectivity index (χ0) is 6.57. The molecule has 0 aliphatic heterocycles. The van der Waals surface area contributed by atoms with Crippen LogP contribution in [-0.4, -0.2) is 18.3 Å². The number of carbonyl (C=O) groups excluding carboxylic acids is 1. The fourth-order valence-electron chi connectivity index (χ4n) is 0.151. The minimum atomic E-state index is -0.785. The largest absolute Gasteiger partial charge is 0.463 e. The molecule has 8 heavy (non-hydrogen) atoms. The first-order valence-electron chi connectivity index (χ1n) is 1.81. The summed E-state index contributed by atoms with van der Waals surface area (Å²) >= 11 is 0. The lowest BCUT2D eigenvalue weighted by atomic mass is 10.6. The van der Waals surface area contributed by atoms with Gasteiger partial charge in [0.2, 0.25) is 5.76 Å². The van der Waals surface area contributed by atoms with Crippen molar-refractivity contribution in [2.24, 2.45) is 0 Å². The summed E-state index contributed by atoms with van der Waals surface area (Å²) < 4.78 is 4.08.